The van der Waals surface area contributed by atoms with Crippen molar-refractivity contribution in [3.63, 3.8) is 0 Å². The van der Waals surface area contributed by atoms with Gasteiger partial charge in [-0.3, -0.25) is 15.1 Å². The largest absolute Gasteiger partial charge is 0.300 e. The number of carbonyl (C=O) groups excluding carboxylic acids is 1. The molecule has 3 rings (SSSR count). The third kappa shape index (κ3) is 3.84. The Morgan fingerprint density at radius 3 is 2.79 bits per heavy atom. The number of amidine groups is 1. The van der Waals surface area contributed by atoms with Gasteiger partial charge < -0.3 is 0 Å². The van der Waals surface area contributed by atoms with E-state index in [4.69, 9.17) is 11.6 Å². The zero-order valence-corrected chi connectivity index (χ0v) is 14.4. The Morgan fingerprint density at radius 2 is 2.08 bits per heavy atom. The molecule has 1 aromatic heterocycles. The molecule has 0 spiro atoms. The number of benzene rings is 1. The van der Waals surface area contributed by atoms with Crippen molar-refractivity contribution in [1.82, 2.24) is 10.3 Å². The summed E-state index contributed by atoms with van der Waals surface area (Å²) in [6.07, 6.45) is 4.83. The molecule has 2 aromatic rings. The van der Waals surface area contributed by atoms with E-state index in [9.17, 15) is 13.2 Å². The smallest absolute Gasteiger partial charge is 0.284 e. The number of carbonyl (C=O) groups is 1. The summed E-state index contributed by atoms with van der Waals surface area (Å²) in [7, 11) is -3.96. The lowest BCUT2D eigenvalue weighted by atomic mass is 10.2. The van der Waals surface area contributed by atoms with Crippen molar-refractivity contribution in [2.45, 2.75) is 4.90 Å². The molecule has 1 amide bonds. The van der Waals surface area contributed by atoms with Gasteiger partial charge in [-0.25, -0.2) is 0 Å². The van der Waals surface area contributed by atoms with Gasteiger partial charge in [0.25, 0.3) is 15.9 Å². The standard InChI is InChI=1S/C15H10ClN3O3S2/c16-11-4-1-5-12(8-11)24(21,22)19-15-18-14(20)13(23-15)7-10-3-2-6-17-9-10/h1-9H,(H,18,19,20). The highest BCUT2D eigenvalue weighted by Crippen LogP contribution is 2.27. The quantitative estimate of drug-likeness (QED) is 0.828. The number of rotatable bonds is 3. The molecule has 0 saturated carbocycles. The molecule has 2 heterocycles. The fourth-order valence-electron chi connectivity index (χ4n) is 1.87. The van der Waals surface area contributed by atoms with Crippen LogP contribution >= 0.6 is 23.4 Å². The molecular weight excluding hydrogens is 370 g/mol. The molecule has 9 heteroatoms. The van der Waals surface area contributed by atoms with Gasteiger partial charge in [0.1, 0.15) is 0 Å². The SMILES string of the molecule is O=C1NC(=NS(=O)(=O)c2cccc(Cl)c2)SC1=Cc1cccnc1. The molecule has 24 heavy (non-hydrogen) atoms. The van der Waals surface area contributed by atoms with Crippen LogP contribution in [0.3, 0.4) is 0 Å². The summed E-state index contributed by atoms with van der Waals surface area (Å²) >= 11 is 6.75. The van der Waals surface area contributed by atoms with E-state index >= 15 is 0 Å². The van der Waals surface area contributed by atoms with Crippen LogP contribution in [-0.4, -0.2) is 24.5 Å². The van der Waals surface area contributed by atoms with Crippen LogP contribution in [0.4, 0.5) is 0 Å². The molecule has 122 valence electrons. The molecule has 1 saturated heterocycles. The van der Waals surface area contributed by atoms with E-state index in [1.165, 1.54) is 18.2 Å². The lowest BCUT2D eigenvalue weighted by Gasteiger charge is -2.00. The minimum atomic E-state index is -3.96. The second kappa shape index (κ2) is 6.76. The maximum atomic E-state index is 12.3. The fourth-order valence-corrected chi connectivity index (χ4v) is 4.16. The van der Waals surface area contributed by atoms with E-state index < -0.39 is 15.9 Å². The second-order valence-corrected chi connectivity index (χ2v) is 7.75. The summed E-state index contributed by atoms with van der Waals surface area (Å²) in [6, 6.07) is 9.29. The molecule has 1 aliphatic heterocycles. The number of nitrogens with zero attached hydrogens (tertiary/aromatic N) is 2. The maximum Gasteiger partial charge on any atom is 0.284 e. The van der Waals surface area contributed by atoms with Gasteiger partial charge in [0.05, 0.1) is 9.80 Å². The number of thioether (sulfide) groups is 1. The van der Waals surface area contributed by atoms with Gasteiger partial charge in [-0.15, -0.1) is 4.40 Å². The molecule has 1 aromatic carbocycles. The summed E-state index contributed by atoms with van der Waals surface area (Å²) in [6.45, 7) is 0. The number of aromatic nitrogens is 1. The van der Waals surface area contributed by atoms with Crippen molar-refractivity contribution < 1.29 is 13.2 Å². The number of amides is 1. The third-order valence-electron chi connectivity index (χ3n) is 2.93. The zero-order chi connectivity index (χ0) is 17.2. The molecule has 0 aliphatic carbocycles. The van der Waals surface area contributed by atoms with Gasteiger partial charge in [-0.1, -0.05) is 23.7 Å². The Kier molecular flexibility index (Phi) is 4.70. The van der Waals surface area contributed by atoms with Crippen molar-refractivity contribution in [3.05, 3.63) is 64.3 Å². The Labute approximate surface area is 147 Å². The van der Waals surface area contributed by atoms with Crippen molar-refractivity contribution in [2.75, 3.05) is 0 Å². The molecule has 1 N–H and O–H groups in total. The molecule has 1 aliphatic rings. The van der Waals surface area contributed by atoms with Gasteiger partial charge in [0, 0.05) is 17.4 Å². The van der Waals surface area contributed by atoms with Crippen molar-refractivity contribution in [1.29, 1.82) is 0 Å². The molecule has 6 nitrogen and oxygen atoms in total. The highest BCUT2D eigenvalue weighted by atomic mass is 35.5. The van der Waals surface area contributed by atoms with E-state index in [1.807, 2.05) is 0 Å². The minimum absolute atomic E-state index is 0.00452. The molecule has 0 bridgehead atoms. The van der Waals surface area contributed by atoms with Crippen LogP contribution in [0.1, 0.15) is 5.56 Å². The lowest BCUT2D eigenvalue weighted by molar-refractivity contribution is -0.115. The van der Waals surface area contributed by atoms with Gasteiger partial charge in [0.15, 0.2) is 5.17 Å². The zero-order valence-electron chi connectivity index (χ0n) is 12.0. The van der Waals surface area contributed by atoms with Crippen LogP contribution in [0, 0.1) is 0 Å². The molecule has 1 fully saturated rings. The summed E-state index contributed by atoms with van der Waals surface area (Å²) in [4.78, 5) is 16.2. The predicted octanol–water partition coefficient (Wildman–Crippen LogP) is 2.68. The first-order chi connectivity index (χ1) is 11.4. The van der Waals surface area contributed by atoms with E-state index in [1.54, 1.807) is 36.7 Å². The normalized spacial score (nSPS) is 18.1. The summed E-state index contributed by atoms with van der Waals surface area (Å²) in [5, 5.41) is 2.72. The highest BCUT2D eigenvalue weighted by molar-refractivity contribution is 8.19. The summed E-state index contributed by atoms with van der Waals surface area (Å²) < 4.78 is 28.2. The Hall–Kier alpha value is -2.16. The Balaban J connectivity index is 1.88. The van der Waals surface area contributed by atoms with Crippen LogP contribution < -0.4 is 5.32 Å². The maximum absolute atomic E-state index is 12.3. The fraction of sp³-hybridized carbons (Fsp3) is 0. The van der Waals surface area contributed by atoms with Crippen LogP contribution in [0.5, 0.6) is 0 Å². The first kappa shape index (κ1) is 16.7. The number of hydrogen-bond acceptors (Lipinski definition) is 5. The van der Waals surface area contributed by atoms with Gasteiger partial charge in [0.2, 0.25) is 0 Å². The minimum Gasteiger partial charge on any atom is -0.300 e. The molecular formula is C15H10ClN3O3S2. The number of halogens is 1. The van der Waals surface area contributed by atoms with Gasteiger partial charge in [-0.05, 0) is 47.7 Å². The van der Waals surface area contributed by atoms with Crippen LogP contribution in [-0.2, 0) is 14.8 Å². The number of sulfonamides is 1. The van der Waals surface area contributed by atoms with Crippen molar-refractivity contribution in [3.8, 4) is 0 Å². The first-order valence-corrected chi connectivity index (χ1v) is 9.29. The second-order valence-electron chi connectivity index (χ2n) is 4.68. The van der Waals surface area contributed by atoms with Crippen molar-refractivity contribution in [2.24, 2.45) is 4.40 Å². The molecule has 0 unspecified atom stereocenters. The monoisotopic (exact) mass is 379 g/mol. The van der Waals surface area contributed by atoms with Crippen molar-refractivity contribution >= 4 is 50.5 Å². The summed E-state index contributed by atoms with van der Waals surface area (Å²) in [5.74, 6) is -0.413. The third-order valence-corrected chi connectivity index (χ3v) is 5.46. The number of pyridine rings is 1. The van der Waals surface area contributed by atoms with Gasteiger partial charge >= 0.3 is 0 Å². The van der Waals surface area contributed by atoms with Gasteiger partial charge in [-0.2, -0.15) is 8.42 Å². The van der Waals surface area contributed by atoms with Crippen LogP contribution in [0.2, 0.25) is 5.02 Å². The predicted molar refractivity (Wildman–Crippen MR) is 94.0 cm³/mol. The van der Waals surface area contributed by atoms with E-state index in [0.717, 1.165) is 17.3 Å². The Bertz CT molecular complexity index is 957. The van der Waals surface area contributed by atoms with E-state index in [2.05, 4.69) is 14.7 Å². The first-order valence-electron chi connectivity index (χ1n) is 6.65. The lowest BCUT2D eigenvalue weighted by Crippen LogP contribution is -2.20. The average molecular weight is 380 g/mol. The van der Waals surface area contributed by atoms with E-state index in [-0.39, 0.29) is 15.1 Å². The van der Waals surface area contributed by atoms with Crippen LogP contribution in [0.15, 0.2) is 63.0 Å². The number of hydrogen-bond donors (Lipinski definition) is 1. The highest BCUT2D eigenvalue weighted by Gasteiger charge is 2.26. The van der Waals surface area contributed by atoms with Crippen LogP contribution in [0.25, 0.3) is 6.08 Å². The van der Waals surface area contributed by atoms with E-state index in [0.29, 0.717) is 4.91 Å². The number of nitrogens with one attached hydrogen (secondary N) is 1. The summed E-state index contributed by atoms with van der Waals surface area (Å²) in [5.41, 5.74) is 0.731. The topological polar surface area (TPSA) is 88.5 Å². The molecule has 0 atom stereocenters. The average Bonchev–Trinajstić information content (AvgIpc) is 2.87. The Morgan fingerprint density at radius 1 is 1.25 bits per heavy atom. The molecule has 0 radical (unpaired) electrons.